The maximum absolute atomic E-state index is 13.7. The van der Waals surface area contributed by atoms with Gasteiger partial charge in [0.05, 0.1) is 17.6 Å². The summed E-state index contributed by atoms with van der Waals surface area (Å²) in [6.45, 7) is 8.27. The molecule has 1 aliphatic rings. The fourth-order valence-electron chi connectivity index (χ4n) is 4.15. The smallest absolute Gasteiger partial charge is 0.410 e. The molecule has 1 atom stereocenters. The zero-order valence-corrected chi connectivity index (χ0v) is 19.0. The van der Waals surface area contributed by atoms with Crippen LogP contribution in [0.1, 0.15) is 39.2 Å². The molecular weight excluding hydrogens is 407 g/mol. The standard InChI is InChI=1S/C25H31FN4O2/c1-25(2,3)32-24(31)29-13-7-9-19(16-29)15-27-23-28-21-11-4-5-12-22(21)30(23)17-18-8-6-10-20(26)14-18/h4-6,8,10-12,14,19H,7,9,13,15-17H2,1-3H3,(H,27,28). The average molecular weight is 439 g/mol. The van der Waals surface area contributed by atoms with Crippen molar-refractivity contribution in [2.24, 2.45) is 5.92 Å². The lowest BCUT2D eigenvalue weighted by Crippen LogP contribution is -2.44. The van der Waals surface area contributed by atoms with Crippen molar-refractivity contribution in [3.8, 4) is 0 Å². The second kappa shape index (κ2) is 9.18. The lowest BCUT2D eigenvalue weighted by atomic mass is 9.98. The molecule has 0 spiro atoms. The van der Waals surface area contributed by atoms with E-state index in [1.807, 2.05) is 51.1 Å². The number of likely N-dealkylation sites (tertiary alicyclic amines) is 1. The van der Waals surface area contributed by atoms with Gasteiger partial charge in [-0.25, -0.2) is 14.2 Å². The Morgan fingerprint density at radius 1 is 1.22 bits per heavy atom. The van der Waals surface area contributed by atoms with Gasteiger partial charge in [0.25, 0.3) is 0 Å². The highest BCUT2D eigenvalue weighted by atomic mass is 19.1. The normalized spacial score (nSPS) is 16.9. The zero-order chi connectivity index (χ0) is 22.7. The lowest BCUT2D eigenvalue weighted by molar-refractivity contribution is 0.0172. The molecule has 170 valence electrons. The van der Waals surface area contributed by atoms with Crippen LogP contribution in [0, 0.1) is 11.7 Å². The predicted molar refractivity (Wildman–Crippen MR) is 124 cm³/mol. The van der Waals surface area contributed by atoms with Crippen LogP contribution < -0.4 is 5.32 Å². The number of nitrogens with zero attached hydrogens (tertiary/aromatic N) is 3. The van der Waals surface area contributed by atoms with Crippen molar-refractivity contribution in [3.05, 3.63) is 59.9 Å². The highest BCUT2D eigenvalue weighted by Crippen LogP contribution is 2.24. The van der Waals surface area contributed by atoms with Gasteiger partial charge in [-0.15, -0.1) is 0 Å². The summed E-state index contributed by atoms with van der Waals surface area (Å²) in [6, 6.07) is 14.6. The van der Waals surface area contributed by atoms with E-state index in [1.54, 1.807) is 17.0 Å². The number of anilines is 1. The third-order valence-electron chi connectivity index (χ3n) is 5.60. The summed E-state index contributed by atoms with van der Waals surface area (Å²) in [5.41, 5.74) is 2.28. The fraction of sp³-hybridized carbons (Fsp3) is 0.440. The summed E-state index contributed by atoms with van der Waals surface area (Å²) in [6.07, 6.45) is 1.74. The van der Waals surface area contributed by atoms with Gasteiger partial charge in [-0.05, 0) is 69.4 Å². The number of halogens is 1. The molecule has 4 rings (SSSR count). The summed E-state index contributed by atoms with van der Waals surface area (Å²) in [4.78, 5) is 19.0. The molecule has 3 aromatic rings. The molecule has 1 aromatic heterocycles. The first-order valence-corrected chi connectivity index (χ1v) is 11.2. The SMILES string of the molecule is CC(C)(C)OC(=O)N1CCCC(CNc2nc3ccccc3n2Cc2cccc(F)c2)C1. The number of piperidine rings is 1. The van der Waals surface area contributed by atoms with Gasteiger partial charge in [0, 0.05) is 19.6 Å². The minimum atomic E-state index is -0.496. The first-order valence-electron chi connectivity index (χ1n) is 11.2. The van der Waals surface area contributed by atoms with Crippen molar-refractivity contribution >= 4 is 23.1 Å². The number of benzene rings is 2. The van der Waals surface area contributed by atoms with Crippen LogP contribution in [0.2, 0.25) is 0 Å². The van der Waals surface area contributed by atoms with E-state index in [4.69, 9.17) is 9.72 Å². The number of hydrogen-bond acceptors (Lipinski definition) is 4. The summed E-state index contributed by atoms with van der Waals surface area (Å²) in [7, 11) is 0. The largest absolute Gasteiger partial charge is 0.444 e. The van der Waals surface area contributed by atoms with Gasteiger partial charge in [-0.3, -0.25) is 0 Å². The van der Waals surface area contributed by atoms with Gasteiger partial charge in [0.15, 0.2) is 0 Å². The molecule has 32 heavy (non-hydrogen) atoms. The molecule has 0 aliphatic carbocycles. The van der Waals surface area contributed by atoms with Crippen LogP contribution in [0.15, 0.2) is 48.5 Å². The van der Waals surface area contributed by atoms with Crippen LogP contribution in [0.3, 0.4) is 0 Å². The Balaban J connectivity index is 1.47. The maximum atomic E-state index is 13.7. The van der Waals surface area contributed by atoms with Crippen LogP contribution in [0.5, 0.6) is 0 Å². The van der Waals surface area contributed by atoms with Gasteiger partial charge in [0.1, 0.15) is 11.4 Å². The van der Waals surface area contributed by atoms with Crippen LogP contribution in [0.4, 0.5) is 15.1 Å². The number of hydrogen-bond donors (Lipinski definition) is 1. The highest BCUT2D eigenvalue weighted by molar-refractivity contribution is 5.78. The molecule has 0 bridgehead atoms. The third-order valence-corrected chi connectivity index (χ3v) is 5.60. The van der Waals surface area contributed by atoms with Gasteiger partial charge in [0.2, 0.25) is 5.95 Å². The zero-order valence-electron chi connectivity index (χ0n) is 19.0. The van der Waals surface area contributed by atoms with Crippen molar-refractivity contribution in [1.82, 2.24) is 14.5 Å². The second-order valence-corrected chi connectivity index (χ2v) is 9.46. The predicted octanol–water partition coefficient (Wildman–Crippen LogP) is 5.28. The second-order valence-electron chi connectivity index (χ2n) is 9.46. The van der Waals surface area contributed by atoms with E-state index in [-0.39, 0.29) is 11.9 Å². The number of amides is 1. The van der Waals surface area contributed by atoms with E-state index in [0.29, 0.717) is 25.6 Å². The first kappa shape index (κ1) is 22.1. The van der Waals surface area contributed by atoms with Crippen LogP contribution in [-0.4, -0.2) is 45.8 Å². The molecule has 2 heterocycles. The quantitative estimate of drug-likeness (QED) is 0.589. The topological polar surface area (TPSA) is 59.4 Å². The molecule has 6 nitrogen and oxygen atoms in total. The van der Waals surface area contributed by atoms with Crippen LogP contribution in [0.25, 0.3) is 11.0 Å². The van der Waals surface area contributed by atoms with Crippen LogP contribution in [-0.2, 0) is 11.3 Å². The number of nitrogens with one attached hydrogen (secondary N) is 1. The molecule has 1 fully saturated rings. The van der Waals surface area contributed by atoms with E-state index in [0.717, 1.165) is 41.9 Å². The van der Waals surface area contributed by atoms with E-state index < -0.39 is 5.60 Å². The fourth-order valence-corrected chi connectivity index (χ4v) is 4.15. The molecule has 0 radical (unpaired) electrons. The summed E-state index contributed by atoms with van der Waals surface area (Å²) >= 11 is 0. The average Bonchev–Trinajstić information content (AvgIpc) is 3.09. The Morgan fingerprint density at radius 3 is 2.81 bits per heavy atom. The Kier molecular flexibility index (Phi) is 6.35. The summed E-state index contributed by atoms with van der Waals surface area (Å²) in [5, 5.41) is 3.49. The number of carbonyl (C=O) groups is 1. The molecule has 1 aliphatic heterocycles. The number of imidazole rings is 1. The highest BCUT2D eigenvalue weighted by Gasteiger charge is 2.27. The molecule has 0 saturated carbocycles. The van der Waals surface area contributed by atoms with Crippen molar-refractivity contribution in [3.63, 3.8) is 0 Å². The minimum absolute atomic E-state index is 0.245. The molecular formula is C25H31FN4O2. The Labute approximate surface area is 188 Å². The van der Waals surface area contributed by atoms with Gasteiger partial charge in [-0.1, -0.05) is 24.3 Å². The van der Waals surface area contributed by atoms with Gasteiger partial charge in [-0.2, -0.15) is 0 Å². The van der Waals surface area contributed by atoms with E-state index in [9.17, 15) is 9.18 Å². The first-order chi connectivity index (χ1) is 15.3. The Morgan fingerprint density at radius 2 is 2.03 bits per heavy atom. The molecule has 1 amide bonds. The van der Waals surface area contributed by atoms with Crippen molar-refractivity contribution in [1.29, 1.82) is 0 Å². The molecule has 1 saturated heterocycles. The van der Waals surface area contributed by atoms with Gasteiger partial charge >= 0.3 is 6.09 Å². The number of ether oxygens (including phenoxy) is 1. The number of carbonyl (C=O) groups excluding carboxylic acids is 1. The van der Waals surface area contributed by atoms with Crippen molar-refractivity contribution in [2.45, 2.75) is 45.8 Å². The summed E-state index contributed by atoms with van der Waals surface area (Å²) < 4.78 is 21.3. The number of fused-ring (bicyclic) bond motifs is 1. The number of rotatable bonds is 5. The molecule has 1 N–H and O–H groups in total. The third kappa shape index (κ3) is 5.39. The van der Waals surface area contributed by atoms with Crippen LogP contribution >= 0.6 is 0 Å². The maximum Gasteiger partial charge on any atom is 0.410 e. The Bertz CT molecular complexity index is 1090. The lowest BCUT2D eigenvalue weighted by Gasteiger charge is -2.34. The monoisotopic (exact) mass is 438 g/mol. The number of aromatic nitrogens is 2. The van der Waals surface area contributed by atoms with Crippen molar-refractivity contribution in [2.75, 3.05) is 25.0 Å². The minimum Gasteiger partial charge on any atom is -0.444 e. The Hall–Kier alpha value is -3.09. The van der Waals surface area contributed by atoms with Gasteiger partial charge < -0.3 is 19.5 Å². The van der Waals surface area contributed by atoms with E-state index >= 15 is 0 Å². The van der Waals surface area contributed by atoms with E-state index in [1.165, 1.54) is 6.07 Å². The summed E-state index contributed by atoms with van der Waals surface area (Å²) in [5.74, 6) is 0.814. The molecule has 7 heteroatoms. The molecule has 2 aromatic carbocycles. The van der Waals surface area contributed by atoms with Crippen molar-refractivity contribution < 1.29 is 13.9 Å². The number of para-hydroxylation sites is 2. The molecule has 1 unspecified atom stereocenters. The van der Waals surface area contributed by atoms with E-state index in [2.05, 4.69) is 9.88 Å².